The standard InChI is InChI=1S/C9H18FNO3S/c10-8(6-15(12,13)14)9(11)7-4-2-1-3-5-7/h7-9H,1-6,11H2,(H,12,13,14)/t8-,9?/m1/s1. The van der Waals surface area contributed by atoms with Crippen molar-refractivity contribution in [2.45, 2.75) is 44.3 Å². The minimum absolute atomic E-state index is 0.0514. The summed E-state index contributed by atoms with van der Waals surface area (Å²) in [6.07, 6.45) is 3.23. The first-order chi connectivity index (χ1) is 6.90. The Bertz CT molecular complexity index is 288. The molecule has 6 heteroatoms. The Labute approximate surface area is 89.8 Å². The van der Waals surface area contributed by atoms with Crippen LogP contribution in [-0.2, 0) is 10.1 Å². The van der Waals surface area contributed by atoms with Crippen molar-refractivity contribution in [2.75, 3.05) is 5.75 Å². The highest BCUT2D eigenvalue weighted by Gasteiger charge is 2.30. The lowest BCUT2D eigenvalue weighted by atomic mass is 9.83. The maximum absolute atomic E-state index is 13.4. The summed E-state index contributed by atoms with van der Waals surface area (Å²) in [4.78, 5) is 0. The number of hydrogen-bond acceptors (Lipinski definition) is 3. The number of alkyl halides is 1. The molecule has 0 amide bonds. The van der Waals surface area contributed by atoms with Gasteiger partial charge in [0, 0.05) is 6.04 Å². The summed E-state index contributed by atoms with van der Waals surface area (Å²) in [5.41, 5.74) is 5.65. The molecule has 4 nitrogen and oxygen atoms in total. The van der Waals surface area contributed by atoms with E-state index in [1.807, 2.05) is 0 Å². The van der Waals surface area contributed by atoms with Gasteiger partial charge in [-0.05, 0) is 18.8 Å². The highest BCUT2D eigenvalue weighted by molar-refractivity contribution is 7.85. The molecule has 2 atom stereocenters. The summed E-state index contributed by atoms with van der Waals surface area (Å²) in [6, 6.07) is -0.771. The molecule has 0 heterocycles. The molecule has 0 radical (unpaired) electrons. The van der Waals surface area contributed by atoms with E-state index in [0.29, 0.717) is 0 Å². The van der Waals surface area contributed by atoms with Crippen LogP contribution in [0, 0.1) is 5.92 Å². The monoisotopic (exact) mass is 239 g/mol. The summed E-state index contributed by atoms with van der Waals surface area (Å²) in [5.74, 6) is -0.833. The molecule has 0 aliphatic heterocycles. The van der Waals surface area contributed by atoms with E-state index in [4.69, 9.17) is 10.3 Å². The highest BCUT2D eigenvalue weighted by Crippen LogP contribution is 2.27. The summed E-state index contributed by atoms with van der Waals surface area (Å²) in [5, 5.41) is 0. The van der Waals surface area contributed by atoms with Crippen LogP contribution in [0.2, 0.25) is 0 Å². The average Bonchev–Trinajstić information content (AvgIpc) is 2.15. The molecule has 0 bridgehead atoms. The zero-order chi connectivity index (χ0) is 11.5. The lowest BCUT2D eigenvalue weighted by Gasteiger charge is -2.29. The largest absolute Gasteiger partial charge is 0.325 e. The lowest BCUT2D eigenvalue weighted by molar-refractivity contribution is 0.206. The minimum atomic E-state index is -4.26. The summed E-state index contributed by atoms with van der Waals surface area (Å²) >= 11 is 0. The third-order valence-corrected chi connectivity index (χ3v) is 3.72. The van der Waals surface area contributed by atoms with Gasteiger partial charge in [0.05, 0.1) is 0 Å². The quantitative estimate of drug-likeness (QED) is 0.720. The Morgan fingerprint density at radius 1 is 1.33 bits per heavy atom. The van der Waals surface area contributed by atoms with Crippen LogP contribution in [0.3, 0.4) is 0 Å². The second-order valence-corrected chi connectivity index (χ2v) is 5.74. The molecular formula is C9H18FNO3S. The molecule has 0 aromatic carbocycles. The Morgan fingerprint density at radius 3 is 2.33 bits per heavy atom. The van der Waals surface area contributed by atoms with Crippen molar-refractivity contribution >= 4 is 10.1 Å². The van der Waals surface area contributed by atoms with Gasteiger partial charge in [0.25, 0.3) is 10.1 Å². The molecule has 1 saturated carbocycles. The van der Waals surface area contributed by atoms with Gasteiger partial charge in [-0.15, -0.1) is 0 Å². The maximum Gasteiger partial charge on any atom is 0.267 e. The van der Waals surface area contributed by atoms with Gasteiger partial charge in [-0.1, -0.05) is 19.3 Å². The van der Waals surface area contributed by atoms with E-state index in [0.717, 1.165) is 32.1 Å². The second kappa shape index (κ2) is 5.23. The van der Waals surface area contributed by atoms with Crippen molar-refractivity contribution in [1.82, 2.24) is 0 Å². The maximum atomic E-state index is 13.4. The van der Waals surface area contributed by atoms with E-state index in [9.17, 15) is 12.8 Å². The van der Waals surface area contributed by atoms with Crippen molar-refractivity contribution in [3.63, 3.8) is 0 Å². The Hall–Kier alpha value is -0.200. The van der Waals surface area contributed by atoms with Gasteiger partial charge in [-0.2, -0.15) is 8.42 Å². The first-order valence-corrected chi connectivity index (χ1v) is 6.86. The highest BCUT2D eigenvalue weighted by atomic mass is 32.2. The minimum Gasteiger partial charge on any atom is -0.325 e. The topological polar surface area (TPSA) is 80.4 Å². The second-order valence-electron chi connectivity index (χ2n) is 4.24. The fourth-order valence-electron chi connectivity index (χ4n) is 2.13. The Morgan fingerprint density at radius 2 is 1.87 bits per heavy atom. The lowest BCUT2D eigenvalue weighted by Crippen LogP contribution is -2.43. The molecule has 0 saturated heterocycles. The number of nitrogens with two attached hydrogens (primary N) is 1. The SMILES string of the molecule is NC(C1CCCCC1)[C@H](F)CS(=O)(=O)O. The predicted molar refractivity (Wildman–Crippen MR) is 55.9 cm³/mol. The van der Waals surface area contributed by atoms with Crippen molar-refractivity contribution in [3.05, 3.63) is 0 Å². The van der Waals surface area contributed by atoms with Gasteiger partial charge < -0.3 is 5.73 Å². The third kappa shape index (κ3) is 4.44. The van der Waals surface area contributed by atoms with Gasteiger partial charge in [-0.3, -0.25) is 4.55 Å². The molecule has 1 aliphatic carbocycles. The van der Waals surface area contributed by atoms with E-state index in [-0.39, 0.29) is 5.92 Å². The summed E-state index contributed by atoms with van der Waals surface area (Å²) < 4.78 is 42.9. The van der Waals surface area contributed by atoms with E-state index in [2.05, 4.69) is 0 Å². The zero-order valence-electron chi connectivity index (χ0n) is 8.60. The fraction of sp³-hybridized carbons (Fsp3) is 1.00. The average molecular weight is 239 g/mol. The molecule has 1 unspecified atom stereocenters. The van der Waals surface area contributed by atoms with Crippen molar-refractivity contribution in [3.8, 4) is 0 Å². The van der Waals surface area contributed by atoms with Crippen LogP contribution in [-0.4, -0.2) is 30.9 Å². The number of halogens is 1. The van der Waals surface area contributed by atoms with Crippen LogP contribution < -0.4 is 5.73 Å². The predicted octanol–water partition coefficient (Wildman–Crippen LogP) is 1.12. The first-order valence-electron chi connectivity index (χ1n) is 5.25. The van der Waals surface area contributed by atoms with Gasteiger partial charge in [0.1, 0.15) is 11.9 Å². The third-order valence-electron chi connectivity index (χ3n) is 2.98. The first kappa shape index (κ1) is 12.9. The van der Waals surface area contributed by atoms with E-state index < -0.39 is 28.1 Å². The smallest absolute Gasteiger partial charge is 0.267 e. The van der Waals surface area contributed by atoms with Crippen molar-refractivity contribution < 1.29 is 17.4 Å². The van der Waals surface area contributed by atoms with Crippen LogP contribution >= 0.6 is 0 Å². The normalized spacial score (nSPS) is 23.7. The van der Waals surface area contributed by atoms with Gasteiger partial charge >= 0.3 is 0 Å². The van der Waals surface area contributed by atoms with E-state index >= 15 is 0 Å². The molecule has 90 valence electrons. The Kier molecular flexibility index (Phi) is 4.48. The molecule has 1 fully saturated rings. The van der Waals surface area contributed by atoms with Crippen molar-refractivity contribution in [1.29, 1.82) is 0 Å². The number of hydrogen-bond donors (Lipinski definition) is 2. The van der Waals surface area contributed by atoms with Crippen LogP contribution in [0.15, 0.2) is 0 Å². The van der Waals surface area contributed by atoms with Gasteiger partial charge in [-0.25, -0.2) is 4.39 Å². The molecule has 3 N–H and O–H groups in total. The van der Waals surface area contributed by atoms with Crippen LogP contribution in [0.1, 0.15) is 32.1 Å². The van der Waals surface area contributed by atoms with Crippen LogP contribution in [0.5, 0.6) is 0 Å². The van der Waals surface area contributed by atoms with E-state index in [1.165, 1.54) is 0 Å². The number of rotatable bonds is 4. The van der Waals surface area contributed by atoms with Gasteiger partial charge in [0.15, 0.2) is 0 Å². The fourth-order valence-corrected chi connectivity index (χ4v) is 2.75. The zero-order valence-corrected chi connectivity index (χ0v) is 9.42. The molecule has 0 spiro atoms. The summed E-state index contributed by atoms with van der Waals surface area (Å²) in [7, 11) is -4.26. The van der Waals surface area contributed by atoms with Crippen molar-refractivity contribution in [2.24, 2.45) is 11.7 Å². The summed E-state index contributed by atoms with van der Waals surface area (Å²) in [6.45, 7) is 0. The van der Waals surface area contributed by atoms with Gasteiger partial charge in [0.2, 0.25) is 0 Å². The van der Waals surface area contributed by atoms with Crippen LogP contribution in [0.4, 0.5) is 4.39 Å². The molecular weight excluding hydrogens is 221 g/mol. The molecule has 0 aromatic heterocycles. The Balaban J connectivity index is 2.47. The molecule has 0 aromatic rings. The molecule has 15 heavy (non-hydrogen) atoms. The molecule has 1 aliphatic rings. The van der Waals surface area contributed by atoms with Crippen LogP contribution in [0.25, 0.3) is 0 Å². The van der Waals surface area contributed by atoms with E-state index in [1.54, 1.807) is 0 Å². The molecule has 1 rings (SSSR count).